The van der Waals surface area contributed by atoms with Crippen molar-refractivity contribution >= 4 is 34.7 Å². The first kappa shape index (κ1) is 25.1. The molecule has 0 aliphatic carbocycles. The molecule has 7 nitrogen and oxygen atoms in total. The Kier molecular flexibility index (Phi) is 7.44. The van der Waals surface area contributed by atoms with Gasteiger partial charge in [-0.1, -0.05) is 30.3 Å². The average Bonchev–Trinajstić information content (AvgIpc) is 2.88. The van der Waals surface area contributed by atoms with Gasteiger partial charge >= 0.3 is 12.2 Å². The highest BCUT2D eigenvalue weighted by Gasteiger charge is 2.37. The lowest BCUT2D eigenvalue weighted by Crippen LogP contribution is -2.41. The molecule has 4 rings (SSSR count). The van der Waals surface area contributed by atoms with Crippen LogP contribution in [0, 0.1) is 0 Å². The van der Waals surface area contributed by atoms with Crippen molar-refractivity contribution in [3.05, 3.63) is 83.9 Å². The number of rotatable bonds is 6. The van der Waals surface area contributed by atoms with Crippen LogP contribution in [0.2, 0.25) is 0 Å². The van der Waals surface area contributed by atoms with Gasteiger partial charge in [0.05, 0.1) is 22.6 Å². The summed E-state index contributed by atoms with van der Waals surface area (Å²) >= 11 is 0. The van der Waals surface area contributed by atoms with Crippen molar-refractivity contribution in [2.45, 2.75) is 32.0 Å². The van der Waals surface area contributed by atoms with E-state index in [1.807, 2.05) is 12.1 Å². The smallest absolute Gasteiger partial charge is 0.326 e. The van der Waals surface area contributed by atoms with E-state index in [4.69, 9.17) is 5.73 Å². The van der Waals surface area contributed by atoms with Gasteiger partial charge in [0, 0.05) is 25.2 Å². The molecule has 3 amide bonds. The van der Waals surface area contributed by atoms with Crippen molar-refractivity contribution in [1.82, 2.24) is 5.43 Å². The van der Waals surface area contributed by atoms with Crippen molar-refractivity contribution < 1.29 is 22.8 Å². The van der Waals surface area contributed by atoms with Crippen LogP contribution in [0.1, 0.15) is 30.4 Å². The fraction of sp³-hybridized carbons (Fsp3) is 0.231. The molecule has 0 atom stereocenters. The Morgan fingerprint density at radius 3 is 2.42 bits per heavy atom. The highest BCUT2D eigenvalue weighted by Crippen LogP contribution is 2.39. The van der Waals surface area contributed by atoms with Crippen LogP contribution in [-0.4, -0.2) is 18.5 Å². The van der Waals surface area contributed by atoms with Gasteiger partial charge in [-0.05, 0) is 60.9 Å². The Bertz CT molecular complexity index is 1230. The highest BCUT2D eigenvalue weighted by atomic mass is 19.4. The molecule has 1 saturated heterocycles. The van der Waals surface area contributed by atoms with Crippen LogP contribution in [0.15, 0.2) is 72.8 Å². The van der Waals surface area contributed by atoms with E-state index in [-0.39, 0.29) is 30.2 Å². The Hall–Kier alpha value is -4.05. The molecule has 0 spiro atoms. The van der Waals surface area contributed by atoms with Crippen LogP contribution in [0.3, 0.4) is 0 Å². The van der Waals surface area contributed by atoms with Gasteiger partial charge in [0.2, 0.25) is 5.91 Å². The predicted octanol–water partition coefficient (Wildman–Crippen LogP) is 5.56. The lowest BCUT2D eigenvalue weighted by molar-refractivity contribution is -0.137. The van der Waals surface area contributed by atoms with Gasteiger partial charge < -0.3 is 16.0 Å². The third-order valence-electron chi connectivity index (χ3n) is 5.81. The Morgan fingerprint density at radius 1 is 0.972 bits per heavy atom. The van der Waals surface area contributed by atoms with Gasteiger partial charge in [0.15, 0.2) is 0 Å². The summed E-state index contributed by atoms with van der Waals surface area (Å²) in [6.45, 7) is 0.526. The van der Waals surface area contributed by atoms with E-state index in [1.165, 1.54) is 17.1 Å². The van der Waals surface area contributed by atoms with Crippen molar-refractivity contribution in [1.29, 1.82) is 0 Å². The van der Waals surface area contributed by atoms with E-state index in [1.54, 1.807) is 42.5 Å². The lowest BCUT2D eigenvalue weighted by atomic mass is 10.1. The standard InChI is InChI=1S/C26H26F3N5O2/c27-26(28,29)22-16-19(12-13-23(22)33-14-5-4-11-24(33)35)31-25(36)32-34(20-8-2-1-3-9-20)21-10-6-7-18(15-21)17-30/h1-3,6-10,12-13,15-16H,4-5,11,14,17,30H2,(H2,31,32,36). The third-order valence-corrected chi connectivity index (χ3v) is 5.81. The molecule has 1 heterocycles. The summed E-state index contributed by atoms with van der Waals surface area (Å²) in [6.07, 6.45) is -3.21. The van der Waals surface area contributed by atoms with Crippen LogP contribution in [0.5, 0.6) is 0 Å². The summed E-state index contributed by atoms with van der Waals surface area (Å²) < 4.78 is 41.7. The number of benzene rings is 3. The number of halogens is 3. The SMILES string of the molecule is NCc1cccc(N(NC(=O)Nc2ccc(N3CCCCC3=O)c(C(F)(F)F)c2)c2ccccc2)c1. The number of carbonyl (C=O) groups excluding carboxylic acids is 2. The molecule has 0 saturated carbocycles. The van der Waals surface area contributed by atoms with E-state index >= 15 is 0 Å². The summed E-state index contributed by atoms with van der Waals surface area (Å²) in [5, 5.41) is 3.99. The Morgan fingerprint density at radius 2 is 1.72 bits per heavy atom. The number of anilines is 4. The monoisotopic (exact) mass is 497 g/mol. The second-order valence-corrected chi connectivity index (χ2v) is 8.34. The third kappa shape index (κ3) is 5.77. The molecule has 4 N–H and O–H groups in total. The van der Waals surface area contributed by atoms with Crippen LogP contribution in [0.25, 0.3) is 0 Å². The molecular weight excluding hydrogens is 471 g/mol. The minimum atomic E-state index is -4.71. The summed E-state index contributed by atoms with van der Waals surface area (Å²) in [7, 11) is 0. The lowest BCUT2D eigenvalue weighted by Gasteiger charge is -2.29. The maximum Gasteiger partial charge on any atom is 0.418 e. The molecule has 0 radical (unpaired) electrons. The number of hydrogen-bond acceptors (Lipinski definition) is 4. The van der Waals surface area contributed by atoms with Crippen LogP contribution < -0.4 is 26.4 Å². The fourth-order valence-electron chi connectivity index (χ4n) is 4.08. The normalized spacial score (nSPS) is 13.9. The molecule has 188 valence electrons. The van der Waals surface area contributed by atoms with E-state index in [9.17, 15) is 22.8 Å². The summed E-state index contributed by atoms with van der Waals surface area (Å²) in [5.41, 5.74) is 9.29. The van der Waals surface area contributed by atoms with Gasteiger partial charge in [0.25, 0.3) is 0 Å². The van der Waals surface area contributed by atoms with Gasteiger partial charge in [-0.3, -0.25) is 9.80 Å². The molecule has 0 bridgehead atoms. The number of carbonyl (C=O) groups is 2. The number of nitrogens with two attached hydrogens (primary N) is 1. The first-order valence-corrected chi connectivity index (χ1v) is 11.5. The zero-order valence-electron chi connectivity index (χ0n) is 19.4. The van der Waals surface area contributed by atoms with E-state index < -0.39 is 17.8 Å². The number of amides is 3. The second-order valence-electron chi connectivity index (χ2n) is 8.34. The van der Waals surface area contributed by atoms with Gasteiger partial charge in [-0.15, -0.1) is 0 Å². The van der Waals surface area contributed by atoms with Crippen LogP contribution in [0.4, 0.5) is 40.7 Å². The van der Waals surface area contributed by atoms with Crippen molar-refractivity contribution in [2.24, 2.45) is 5.73 Å². The van der Waals surface area contributed by atoms with Crippen molar-refractivity contribution in [3.63, 3.8) is 0 Å². The molecule has 36 heavy (non-hydrogen) atoms. The van der Waals surface area contributed by atoms with Crippen molar-refractivity contribution in [3.8, 4) is 0 Å². The van der Waals surface area contributed by atoms with Gasteiger partial charge in [-0.2, -0.15) is 13.2 Å². The van der Waals surface area contributed by atoms with Crippen LogP contribution >= 0.6 is 0 Å². The number of alkyl halides is 3. The summed E-state index contributed by atoms with van der Waals surface area (Å²) in [5.74, 6) is -0.344. The maximum absolute atomic E-state index is 13.9. The minimum absolute atomic E-state index is 0.0586. The number of hydrazine groups is 1. The largest absolute Gasteiger partial charge is 0.418 e. The molecule has 10 heteroatoms. The summed E-state index contributed by atoms with van der Waals surface area (Å²) in [4.78, 5) is 26.3. The second kappa shape index (κ2) is 10.7. The molecule has 0 aromatic heterocycles. The average molecular weight is 498 g/mol. The first-order chi connectivity index (χ1) is 17.3. The number of hydrogen-bond donors (Lipinski definition) is 3. The first-order valence-electron chi connectivity index (χ1n) is 11.5. The van der Waals surface area contributed by atoms with E-state index in [0.29, 0.717) is 30.8 Å². The van der Waals surface area contributed by atoms with E-state index in [0.717, 1.165) is 16.5 Å². The quantitative estimate of drug-likeness (QED) is 0.389. The molecular formula is C26H26F3N5O2. The Labute approximate surface area is 206 Å². The van der Waals surface area contributed by atoms with E-state index in [2.05, 4.69) is 10.7 Å². The molecule has 1 fully saturated rings. The minimum Gasteiger partial charge on any atom is -0.326 e. The van der Waals surface area contributed by atoms with Gasteiger partial charge in [-0.25, -0.2) is 10.2 Å². The number of para-hydroxylation sites is 1. The molecule has 3 aromatic rings. The highest BCUT2D eigenvalue weighted by molar-refractivity contribution is 5.96. The summed E-state index contributed by atoms with van der Waals surface area (Å²) in [6, 6.07) is 18.9. The predicted molar refractivity (Wildman–Crippen MR) is 133 cm³/mol. The molecule has 0 unspecified atom stereocenters. The van der Waals surface area contributed by atoms with Crippen LogP contribution in [-0.2, 0) is 17.5 Å². The zero-order valence-corrected chi connectivity index (χ0v) is 19.4. The molecule has 3 aromatic carbocycles. The van der Waals surface area contributed by atoms with Crippen molar-refractivity contribution in [2.75, 3.05) is 21.8 Å². The zero-order chi connectivity index (χ0) is 25.7. The number of urea groups is 1. The molecule has 1 aliphatic rings. The molecule has 1 aliphatic heterocycles. The van der Waals surface area contributed by atoms with Gasteiger partial charge in [0.1, 0.15) is 0 Å². The number of piperidine rings is 1. The fourth-order valence-corrected chi connectivity index (χ4v) is 4.08. The number of nitrogens with zero attached hydrogens (tertiary/aromatic N) is 2. The topological polar surface area (TPSA) is 90.7 Å². The number of nitrogens with one attached hydrogen (secondary N) is 2. The Balaban J connectivity index is 1.59. The maximum atomic E-state index is 13.9.